The maximum absolute atomic E-state index is 5.62. The van der Waals surface area contributed by atoms with E-state index in [0.717, 1.165) is 17.9 Å². The van der Waals surface area contributed by atoms with E-state index in [1.54, 1.807) is 13.4 Å². The number of imidazole rings is 1. The van der Waals surface area contributed by atoms with E-state index in [0.29, 0.717) is 12.3 Å². The van der Waals surface area contributed by atoms with E-state index in [1.807, 2.05) is 11.9 Å². The number of H-pyrrole nitrogens is 1. The maximum atomic E-state index is 5.62. The number of ether oxygens (including phenoxy) is 1. The van der Waals surface area contributed by atoms with E-state index in [-0.39, 0.29) is 5.95 Å². The predicted octanol–water partition coefficient (Wildman–Crippen LogP) is 0.0177. The molecule has 0 bridgehead atoms. The van der Waals surface area contributed by atoms with Gasteiger partial charge in [0.25, 0.3) is 0 Å². The van der Waals surface area contributed by atoms with Crippen molar-refractivity contribution in [3.63, 3.8) is 0 Å². The molecular formula is C9H14N6O. The number of aromatic amines is 1. The molecule has 0 amide bonds. The lowest BCUT2D eigenvalue weighted by Crippen LogP contribution is -2.23. The van der Waals surface area contributed by atoms with Crippen LogP contribution in [0.4, 0.5) is 11.8 Å². The van der Waals surface area contributed by atoms with E-state index >= 15 is 0 Å². The minimum atomic E-state index is 0.221. The van der Waals surface area contributed by atoms with E-state index in [2.05, 4.69) is 19.9 Å². The third-order valence-electron chi connectivity index (χ3n) is 2.28. The van der Waals surface area contributed by atoms with Gasteiger partial charge in [0.05, 0.1) is 12.9 Å². The molecule has 3 N–H and O–H groups in total. The normalized spacial score (nSPS) is 10.9. The second kappa shape index (κ2) is 4.31. The van der Waals surface area contributed by atoms with Gasteiger partial charge < -0.3 is 20.4 Å². The van der Waals surface area contributed by atoms with Crippen molar-refractivity contribution < 1.29 is 4.74 Å². The summed E-state index contributed by atoms with van der Waals surface area (Å²) in [5.74, 6) is 0.955. The Balaban J connectivity index is 2.38. The quantitative estimate of drug-likeness (QED) is 0.757. The summed E-state index contributed by atoms with van der Waals surface area (Å²) in [4.78, 5) is 17.2. The highest BCUT2D eigenvalue weighted by atomic mass is 16.5. The number of fused-ring (bicyclic) bond motifs is 1. The molecule has 0 atom stereocenters. The highest BCUT2D eigenvalue weighted by Crippen LogP contribution is 2.20. The van der Waals surface area contributed by atoms with Crippen molar-refractivity contribution in [3.05, 3.63) is 6.33 Å². The van der Waals surface area contributed by atoms with E-state index in [4.69, 9.17) is 10.5 Å². The molecule has 0 aliphatic rings. The standard InChI is InChI=1S/C9H14N6O/c1-15(3-4-16-2)8-6-7(12-5-11-6)13-9(10)14-8/h5H,3-4H2,1-2H3,(H3,10,11,12,13,14). The van der Waals surface area contributed by atoms with E-state index < -0.39 is 0 Å². The van der Waals surface area contributed by atoms with E-state index in [9.17, 15) is 0 Å². The summed E-state index contributed by atoms with van der Waals surface area (Å²) in [6.07, 6.45) is 1.58. The first-order chi connectivity index (χ1) is 7.72. The average molecular weight is 222 g/mol. The molecule has 86 valence electrons. The maximum Gasteiger partial charge on any atom is 0.224 e. The molecule has 2 rings (SSSR count). The van der Waals surface area contributed by atoms with Crippen molar-refractivity contribution >= 4 is 22.9 Å². The molecule has 2 aromatic heterocycles. The molecule has 0 saturated heterocycles. The van der Waals surface area contributed by atoms with Crippen LogP contribution in [0.1, 0.15) is 0 Å². The molecule has 0 aliphatic carbocycles. The summed E-state index contributed by atoms with van der Waals surface area (Å²) in [7, 11) is 3.58. The predicted molar refractivity (Wildman–Crippen MR) is 61.2 cm³/mol. The number of methoxy groups -OCH3 is 1. The van der Waals surface area contributed by atoms with Crippen LogP contribution in [-0.4, -0.2) is 47.2 Å². The van der Waals surface area contributed by atoms with Crippen molar-refractivity contribution in [2.75, 3.05) is 37.9 Å². The molecule has 2 heterocycles. The van der Waals surface area contributed by atoms with Crippen LogP contribution in [0, 0.1) is 0 Å². The summed E-state index contributed by atoms with van der Waals surface area (Å²) in [5, 5.41) is 0. The number of nitrogens with two attached hydrogens (primary N) is 1. The Kier molecular flexibility index (Phi) is 2.86. The number of rotatable bonds is 4. The number of aromatic nitrogens is 4. The van der Waals surface area contributed by atoms with Crippen molar-refractivity contribution in [2.24, 2.45) is 0 Å². The molecule has 0 spiro atoms. The number of nitrogens with zero attached hydrogens (tertiary/aromatic N) is 4. The summed E-state index contributed by atoms with van der Waals surface area (Å²) in [6, 6.07) is 0. The minimum absolute atomic E-state index is 0.221. The van der Waals surface area contributed by atoms with Gasteiger partial charge in [-0.3, -0.25) is 0 Å². The number of nitrogen functional groups attached to an aromatic ring is 1. The number of hydrogen-bond donors (Lipinski definition) is 2. The average Bonchev–Trinajstić information content (AvgIpc) is 2.72. The monoisotopic (exact) mass is 222 g/mol. The molecule has 0 fully saturated rings. The van der Waals surface area contributed by atoms with Gasteiger partial charge in [-0.2, -0.15) is 9.97 Å². The Morgan fingerprint density at radius 2 is 2.31 bits per heavy atom. The number of hydrogen-bond acceptors (Lipinski definition) is 6. The second-order valence-corrected chi connectivity index (χ2v) is 3.42. The first kappa shape index (κ1) is 10.6. The third-order valence-corrected chi connectivity index (χ3v) is 2.28. The van der Waals surface area contributed by atoms with Gasteiger partial charge in [-0.15, -0.1) is 0 Å². The molecule has 2 aromatic rings. The molecule has 7 heteroatoms. The Labute approximate surface area is 92.7 Å². The zero-order chi connectivity index (χ0) is 11.5. The van der Waals surface area contributed by atoms with Crippen LogP contribution < -0.4 is 10.6 Å². The third kappa shape index (κ3) is 1.89. The topological polar surface area (TPSA) is 92.9 Å². The lowest BCUT2D eigenvalue weighted by Gasteiger charge is -2.17. The summed E-state index contributed by atoms with van der Waals surface area (Å²) in [5.41, 5.74) is 6.98. The smallest absolute Gasteiger partial charge is 0.224 e. The molecule has 0 radical (unpaired) electrons. The fourth-order valence-electron chi connectivity index (χ4n) is 1.44. The lowest BCUT2D eigenvalue weighted by molar-refractivity contribution is 0.206. The van der Waals surface area contributed by atoms with Gasteiger partial charge >= 0.3 is 0 Å². The Bertz CT molecular complexity index is 482. The van der Waals surface area contributed by atoms with Crippen LogP contribution >= 0.6 is 0 Å². The molecule has 7 nitrogen and oxygen atoms in total. The molecule has 0 aromatic carbocycles. The van der Waals surface area contributed by atoms with Crippen molar-refractivity contribution in [2.45, 2.75) is 0 Å². The van der Waals surface area contributed by atoms with Gasteiger partial charge in [0, 0.05) is 20.7 Å². The van der Waals surface area contributed by atoms with Crippen LogP contribution in [0.15, 0.2) is 6.33 Å². The minimum Gasteiger partial charge on any atom is -0.383 e. The van der Waals surface area contributed by atoms with Crippen molar-refractivity contribution in [1.29, 1.82) is 0 Å². The molecule has 16 heavy (non-hydrogen) atoms. The highest BCUT2D eigenvalue weighted by molar-refractivity contribution is 5.83. The van der Waals surface area contributed by atoms with Crippen LogP contribution in [0.5, 0.6) is 0 Å². The zero-order valence-electron chi connectivity index (χ0n) is 9.27. The van der Waals surface area contributed by atoms with E-state index in [1.165, 1.54) is 0 Å². The van der Waals surface area contributed by atoms with Gasteiger partial charge in [-0.25, -0.2) is 4.98 Å². The largest absolute Gasteiger partial charge is 0.383 e. The number of anilines is 2. The molecule has 0 saturated carbocycles. The van der Waals surface area contributed by atoms with Crippen LogP contribution in [0.25, 0.3) is 11.2 Å². The van der Waals surface area contributed by atoms with Crippen LogP contribution in [0.3, 0.4) is 0 Å². The zero-order valence-corrected chi connectivity index (χ0v) is 9.27. The molecule has 0 unspecified atom stereocenters. The lowest BCUT2D eigenvalue weighted by atomic mass is 10.4. The van der Waals surface area contributed by atoms with Gasteiger partial charge in [0.2, 0.25) is 5.95 Å². The summed E-state index contributed by atoms with van der Waals surface area (Å²) >= 11 is 0. The second-order valence-electron chi connectivity index (χ2n) is 3.42. The number of nitrogens with one attached hydrogen (secondary N) is 1. The Morgan fingerprint density at radius 1 is 1.50 bits per heavy atom. The SMILES string of the molecule is COCCN(C)c1nc(N)nc2nc[nH]c12. The summed E-state index contributed by atoms with van der Waals surface area (Å²) < 4.78 is 5.02. The van der Waals surface area contributed by atoms with Gasteiger partial charge in [0.1, 0.15) is 5.52 Å². The van der Waals surface area contributed by atoms with Gasteiger partial charge in [-0.1, -0.05) is 0 Å². The fraction of sp³-hybridized carbons (Fsp3) is 0.444. The first-order valence-corrected chi connectivity index (χ1v) is 4.89. The Morgan fingerprint density at radius 3 is 3.06 bits per heavy atom. The van der Waals surface area contributed by atoms with Crippen LogP contribution in [-0.2, 0) is 4.74 Å². The van der Waals surface area contributed by atoms with Crippen molar-refractivity contribution in [1.82, 2.24) is 19.9 Å². The summed E-state index contributed by atoms with van der Waals surface area (Å²) in [6.45, 7) is 1.34. The molecular weight excluding hydrogens is 208 g/mol. The van der Waals surface area contributed by atoms with Gasteiger partial charge in [0.15, 0.2) is 11.5 Å². The first-order valence-electron chi connectivity index (χ1n) is 4.89. The Hall–Kier alpha value is -1.89. The molecule has 0 aliphatic heterocycles. The van der Waals surface area contributed by atoms with Crippen molar-refractivity contribution in [3.8, 4) is 0 Å². The van der Waals surface area contributed by atoms with Gasteiger partial charge in [-0.05, 0) is 0 Å². The fourth-order valence-corrected chi connectivity index (χ4v) is 1.44. The number of likely N-dealkylation sites (N-methyl/N-ethyl adjacent to an activating group) is 1. The van der Waals surface area contributed by atoms with Crippen LogP contribution in [0.2, 0.25) is 0 Å². The highest BCUT2D eigenvalue weighted by Gasteiger charge is 2.11.